The van der Waals surface area contributed by atoms with Gasteiger partial charge in [0.1, 0.15) is 6.33 Å². The molecule has 0 unspecified atom stereocenters. The van der Waals surface area contributed by atoms with Crippen molar-refractivity contribution in [3.05, 3.63) is 40.2 Å². The minimum Gasteiger partial charge on any atom is -0.545 e. The van der Waals surface area contributed by atoms with Crippen LogP contribution >= 0.6 is 11.8 Å². The van der Waals surface area contributed by atoms with E-state index in [0.29, 0.717) is 5.16 Å². The molecule has 0 radical (unpaired) electrons. The first-order valence-corrected chi connectivity index (χ1v) is 5.42. The molecule has 0 fully saturated rings. The Morgan fingerprint density at radius 3 is 2.78 bits per heavy atom. The Morgan fingerprint density at radius 2 is 2.22 bits per heavy atom. The van der Waals surface area contributed by atoms with Gasteiger partial charge in [-0.15, -0.1) is 0 Å². The van der Waals surface area contributed by atoms with Crippen molar-refractivity contribution in [1.29, 1.82) is 0 Å². The highest BCUT2D eigenvalue weighted by Gasteiger charge is 2.13. The van der Waals surface area contributed by atoms with Gasteiger partial charge in [-0.2, -0.15) is 5.10 Å². The summed E-state index contributed by atoms with van der Waals surface area (Å²) in [6.45, 7) is 0. The van der Waals surface area contributed by atoms with E-state index in [2.05, 4.69) is 15.2 Å². The van der Waals surface area contributed by atoms with Crippen LogP contribution in [0.3, 0.4) is 0 Å². The van der Waals surface area contributed by atoms with Crippen molar-refractivity contribution in [3.63, 3.8) is 0 Å². The highest BCUT2D eigenvalue weighted by atomic mass is 32.2. The van der Waals surface area contributed by atoms with Gasteiger partial charge in [0.2, 0.25) is 0 Å². The molecule has 0 aliphatic rings. The molecule has 0 atom stereocenters. The van der Waals surface area contributed by atoms with Crippen LogP contribution in [0.25, 0.3) is 0 Å². The third kappa shape index (κ3) is 2.46. The number of H-pyrrole nitrogens is 1. The Morgan fingerprint density at radius 1 is 1.44 bits per heavy atom. The molecule has 0 bridgehead atoms. The van der Waals surface area contributed by atoms with E-state index in [4.69, 9.17) is 0 Å². The highest BCUT2D eigenvalue weighted by Crippen LogP contribution is 2.29. The molecule has 0 spiro atoms. The molecule has 92 valence electrons. The summed E-state index contributed by atoms with van der Waals surface area (Å²) in [4.78, 5) is 24.9. The predicted octanol–water partition coefficient (Wildman–Crippen LogP) is 0.228. The lowest BCUT2D eigenvalue weighted by atomic mass is 10.2. The number of aromatic nitrogens is 3. The Labute approximate surface area is 104 Å². The van der Waals surface area contributed by atoms with E-state index in [9.17, 15) is 20.0 Å². The van der Waals surface area contributed by atoms with Crippen molar-refractivity contribution in [2.24, 2.45) is 0 Å². The minimum absolute atomic E-state index is 0.259. The number of carbonyl (C=O) groups excluding carboxylic acids is 1. The number of rotatable bonds is 4. The summed E-state index contributed by atoms with van der Waals surface area (Å²) in [5.74, 6) is -1.49. The maximum absolute atomic E-state index is 10.9. The van der Waals surface area contributed by atoms with Crippen LogP contribution in [-0.4, -0.2) is 26.1 Å². The van der Waals surface area contributed by atoms with Crippen LogP contribution in [0.2, 0.25) is 0 Å². The topological polar surface area (TPSA) is 125 Å². The van der Waals surface area contributed by atoms with Gasteiger partial charge in [0.25, 0.3) is 5.69 Å². The van der Waals surface area contributed by atoms with Gasteiger partial charge in [0.05, 0.1) is 10.9 Å². The minimum atomic E-state index is -1.49. The normalized spacial score (nSPS) is 10.2. The highest BCUT2D eigenvalue weighted by molar-refractivity contribution is 7.99. The van der Waals surface area contributed by atoms with E-state index in [-0.39, 0.29) is 16.1 Å². The summed E-state index contributed by atoms with van der Waals surface area (Å²) in [7, 11) is 0. The fraction of sp³-hybridized carbons (Fsp3) is 0. The van der Waals surface area contributed by atoms with E-state index >= 15 is 0 Å². The van der Waals surface area contributed by atoms with Crippen molar-refractivity contribution < 1.29 is 14.8 Å². The Balaban J connectivity index is 2.40. The van der Waals surface area contributed by atoms with Crippen LogP contribution in [0.15, 0.2) is 34.6 Å². The first-order chi connectivity index (χ1) is 8.58. The molecule has 0 saturated carbocycles. The summed E-state index contributed by atoms with van der Waals surface area (Å²) in [6.07, 6.45) is 1.27. The van der Waals surface area contributed by atoms with Crippen LogP contribution in [0.5, 0.6) is 0 Å². The first kappa shape index (κ1) is 12.0. The van der Waals surface area contributed by atoms with Crippen LogP contribution in [-0.2, 0) is 0 Å². The largest absolute Gasteiger partial charge is 0.545 e. The smallest absolute Gasteiger partial charge is 0.270 e. The maximum atomic E-state index is 10.9. The second-order valence-electron chi connectivity index (χ2n) is 3.12. The van der Waals surface area contributed by atoms with Gasteiger partial charge in [-0.1, -0.05) is 0 Å². The van der Waals surface area contributed by atoms with Gasteiger partial charge in [0.15, 0.2) is 5.16 Å². The average molecular weight is 265 g/mol. The third-order valence-electron chi connectivity index (χ3n) is 1.99. The quantitative estimate of drug-likeness (QED) is 0.619. The van der Waals surface area contributed by atoms with Gasteiger partial charge < -0.3 is 9.90 Å². The number of benzene rings is 1. The second kappa shape index (κ2) is 4.84. The number of nitrogens with zero attached hydrogens (tertiary/aromatic N) is 3. The fourth-order valence-corrected chi connectivity index (χ4v) is 2.02. The molecular weight excluding hydrogens is 260 g/mol. The second-order valence-corrected chi connectivity index (χ2v) is 4.15. The molecule has 1 aromatic heterocycles. The number of nitrogens with one attached hydrogen (secondary N) is 1. The summed E-state index contributed by atoms with van der Waals surface area (Å²) in [5, 5.41) is 28.0. The van der Waals surface area contributed by atoms with E-state index in [1.165, 1.54) is 18.5 Å². The molecule has 18 heavy (non-hydrogen) atoms. The number of aromatic carboxylic acids is 1. The molecule has 9 heteroatoms. The molecule has 0 aliphatic carbocycles. The number of carboxylic acid groups (broad SMARTS) is 1. The molecule has 2 aromatic rings. The van der Waals surface area contributed by atoms with Crippen LogP contribution in [0, 0.1) is 10.1 Å². The van der Waals surface area contributed by atoms with Crippen LogP contribution in [0.4, 0.5) is 5.69 Å². The number of carbonyl (C=O) groups is 1. The molecule has 0 saturated heterocycles. The molecule has 1 heterocycles. The van der Waals surface area contributed by atoms with Crippen molar-refractivity contribution in [2.45, 2.75) is 10.1 Å². The lowest BCUT2D eigenvalue weighted by Crippen LogP contribution is -2.23. The number of hydrogen-bond donors (Lipinski definition) is 1. The van der Waals surface area contributed by atoms with Crippen molar-refractivity contribution >= 4 is 23.4 Å². The van der Waals surface area contributed by atoms with Crippen molar-refractivity contribution in [2.75, 3.05) is 0 Å². The SMILES string of the molecule is O=C([O-])c1cc([N+](=O)[O-])ccc1Sc1ncn[nH]1. The predicted molar refractivity (Wildman–Crippen MR) is 57.9 cm³/mol. The summed E-state index contributed by atoms with van der Waals surface area (Å²) < 4.78 is 0. The van der Waals surface area contributed by atoms with E-state index < -0.39 is 10.9 Å². The zero-order valence-corrected chi connectivity index (χ0v) is 9.51. The molecule has 1 aromatic carbocycles. The fourth-order valence-electron chi connectivity index (χ4n) is 1.23. The zero-order valence-electron chi connectivity index (χ0n) is 8.69. The molecule has 1 N–H and O–H groups in total. The van der Waals surface area contributed by atoms with Gasteiger partial charge in [0, 0.05) is 22.6 Å². The molecule has 0 amide bonds. The molecule has 0 aliphatic heterocycles. The lowest BCUT2D eigenvalue weighted by Gasteiger charge is -2.07. The molecule has 2 rings (SSSR count). The lowest BCUT2D eigenvalue weighted by molar-refractivity contribution is -0.385. The Hall–Kier alpha value is -2.42. The van der Waals surface area contributed by atoms with Crippen LogP contribution in [0.1, 0.15) is 10.4 Å². The monoisotopic (exact) mass is 265 g/mol. The van der Waals surface area contributed by atoms with E-state index in [0.717, 1.165) is 17.8 Å². The van der Waals surface area contributed by atoms with Gasteiger partial charge >= 0.3 is 0 Å². The van der Waals surface area contributed by atoms with Crippen molar-refractivity contribution in [1.82, 2.24) is 15.2 Å². The number of aromatic amines is 1. The number of nitro benzene ring substituents is 1. The molecular formula is C9H5N4O4S-. The Bertz CT molecular complexity index is 599. The van der Waals surface area contributed by atoms with Gasteiger partial charge in [-0.05, 0) is 17.8 Å². The Kier molecular flexibility index (Phi) is 3.24. The van der Waals surface area contributed by atoms with E-state index in [1.54, 1.807) is 0 Å². The standard InChI is InChI=1S/C9H6N4O4S/c14-8(15)6-3-5(13(16)17)1-2-7(6)18-9-10-4-11-12-9/h1-4H,(H,14,15)(H,10,11,12)/p-1. The average Bonchev–Trinajstić information content (AvgIpc) is 2.81. The van der Waals surface area contributed by atoms with Crippen molar-refractivity contribution in [3.8, 4) is 0 Å². The summed E-state index contributed by atoms with van der Waals surface area (Å²) in [6, 6.07) is 3.50. The van der Waals surface area contributed by atoms with Crippen LogP contribution < -0.4 is 5.11 Å². The number of nitro groups is 1. The van der Waals surface area contributed by atoms with Gasteiger partial charge in [-0.25, -0.2) is 4.98 Å². The maximum Gasteiger partial charge on any atom is 0.270 e. The van der Waals surface area contributed by atoms with Gasteiger partial charge in [-0.3, -0.25) is 15.2 Å². The summed E-state index contributed by atoms with van der Waals surface area (Å²) in [5.41, 5.74) is -0.568. The number of hydrogen-bond acceptors (Lipinski definition) is 7. The van der Waals surface area contributed by atoms with E-state index in [1.807, 2.05) is 0 Å². The third-order valence-corrected chi connectivity index (χ3v) is 2.96. The first-order valence-electron chi connectivity index (χ1n) is 4.61. The zero-order chi connectivity index (χ0) is 13.1. The number of non-ortho nitro benzene ring substituents is 1. The number of carboxylic acids is 1. The molecule has 8 nitrogen and oxygen atoms in total. The summed E-state index contributed by atoms with van der Waals surface area (Å²) >= 11 is 0.997.